The molecule has 0 radical (unpaired) electrons. The standard InChI is InChI=1S/C27H33N3O5/c28-26(22-17-15-21(16-18-22)20-9-4-3-5-10-20)30-27(33)34-19-29-24(31)13-8-14-25(32)35-23-11-6-1-2-7-12-23/h3-5,9-10,15-18,23H,1-2,6-8,11-14,19H2,(H,29,31)(H2,28,30,33). The van der Waals surface area contributed by atoms with Crippen LogP contribution in [0.5, 0.6) is 0 Å². The molecule has 0 bridgehead atoms. The number of alkyl carbamates (subject to hydrolysis) is 1. The van der Waals surface area contributed by atoms with E-state index in [1.54, 1.807) is 12.1 Å². The summed E-state index contributed by atoms with van der Waals surface area (Å²) in [6.07, 6.45) is 6.26. The molecule has 1 aliphatic carbocycles. The van der Waals surface area contributed by atoms with Gasteiger partial charge in [-0.2, -0.15) is 0 Å². The van der Waals surface area contributed by atoms with E-state index in [0.29, 0.717) is 12.0 Å². The average Bonchev–Trinajstić information content (AvgIpc) is 3.13. The van der Waals surface area contributed by atoms with Gasteiger partial charge in [-0.15, -0.1) is 0 Å². The summed E-state index contributed by atoms with van der Waals surface area (Å²) in [5, 5.41) is 12.9. The summed E-state index contributed by atoms with van der Waals surface area (Å²) in [6, 6.07) is 17.1. The molecule has 1 saturated carbocycles. The van der Waals surface area contributed by atoms with Gasteiger partial charge in [-0.1, -0.05) is 67.4 Å². The minimum atomic E-state index is -0.839. The second-order valence-corrected chi connectivity index (χ2v) is 8.58. The molecule has 0 saturated heterocycles. The molecular formula is C27H33N3O5. The summed E-state index contributed by atoms with van der Waals surface area (Å²) >= 11 is 0. The zero-order chi connectivity index (χ0) is 24.9. The van der Waals surface area contributed by atoms with Crippen molar-refractivity contribution in [3.05, 3.63) is 60.2 Å². The maximum atomic E-state index is 12.0. The number of esters is 1. The van der Waals surface area contributed by atoms with E-state index in [2.05, 4.69) is 10.6 Å². The van der Waals surface area contributed by atoms with Crippen LogP contribution in [-0.2, 0) is 19.1 Å². The highest BCUT2D eigenvalue weighted by atomic mass is 16.6. The van der Waals surface area contributed by atoms with Gasteiger partial charge in [-0.3, -0.25) is 20.3 Å². The van der Waals surface area contributed by atoms with Gasteiger partial charge in [0.2, 0.25) is 5.91 Å². The molecule has 0 spiro atoms. The predicted octanol–water partition coefficient (Wildman–Crippen LogP) is 4.92. The van der Waals surface area contributed by atoms with Crippen LogP contribution >= 0.6 is 0 Å². The van der Waals surface area contributed by atoms with Crippen molar-refractivity contribution in [2.24, 2.45) is 0 Å². The average molecular weight is 480 g/mol. The molecule has 0 atom stereocenters. The Labute approximate surface area is 205 Å². The monoisotopic (exact) mass is 479 g/mol. The van der Waals surface area contributed by atoms with E-state index in [1.165, 1.54) is 12.8 Å². The van der Waals surface area contributed by atoms with E-state index in [1.807, 2.05) is 42.5 Å². The van der Waals surface area contributed by atoms with E-state index in [-0.39, 0.29) is 43.4 Å². The smallest absolute Gasteiger partial charge is 0.414 e. The first-order valence-electron chi connectivity index (χ1n) is 12.2. The highest BCUT2D eigenvalue weighted by Gasteiger charge is 2.17. The fraction of sp³-hybridized carbons (Fsp3) is 0.407. The van der Waals surface area contributed by atoms with Gasteiger partial charge in [-0.05, 0) is 43.2 Å². The molecule has 8 nitrogen and oxygen atoms in total. The summed E-state index contributed by atoms with van der Waals surface area (Å²) in [7, 11) is 0. The number of carbonyl (C=O) groups is 3. The van der Waals surface area contributed by atoms with Crippen molar-refractivity contribution in [1.82, 2.24) is 10.6 Å². The van der Waals surface area contributed by atoms with Crippen LogP contribution in [0.25, 0.3) is 11.1 Å². The molecule has 0 aromatic heterocycles. The second kappa shape index (κ2) is 13.9. The molecule has 186 valence electrons. The van der Waals surface area contributed by atoms with E-state index in [4.69, 9.17) is 14.9 Å². The van der Waals surface area contributed by atoms with Crippen molar-refractivity contribution in [2.75, 3.05) is 6.73 Å². The summed E-state index contributed by atoms with van der Waals surface area (Å²) in [6.45, 7) is -0.322. The maximum absolute atomic E-state index is 12.0. The van der Waals surface area contributed by atoms with Crippen LogP contribution in [-0.4, -0.2) is 36.6 Å². The molecule has 1 aliphatic rings. The lowest BCUT2D eigenvalue weighted by Gasteiger charge is -2.15. The van der Waals surface area contributed by atoms with Crippen LogP contribution in [0.2, 0.25) is 0 Å². The van der Waals surface area contributed by atoms with Gasteiger partial charge in [0.15, 0.2) is 6.73 Å². The molecule has 2 aromatic carbocycles. The number of benzene rings is 2. The lowest BCUT2D eigenvalue weighted by molar-refractivity contribution is -0.149. The molecule has 1 fully saturated rings. The van der Waals surface area contributed by atoms with Gasteiger partial charge in [0.25, 0.3) is 0 Å². The Kier molecular flexibility index (Phi) is 10.3. The number of amidine groups is 1. The molecule has 8 heteroatoms. The highest BCUT2D eigenvalue weighted by molar-refractivity contribution is 6.04. The summed E-state index contributed by atoms with van der Waals surface area (Å²) in [4.78, 5) is 35.8. The van der Waals surface area contributed by atoms with Crippen LogP contribution in [0.4, 0.5) is 4.79 Å². The van der Waals surface area contributed by atoms with Gasteiger partial charge >= 0.3 is 12.1 Å². The summed E-state index contributed by atoms with van der Waals surface area (Å²) in [5.74, 6) is -0.699. The molecule has 35 heavy (non-hydrogen) atoms. The minimum absolute atomic E-state index is 0.00580. The molecular weight excluding hydrogens is 446 g/mol. The van der Waals surface area contributed by atoms with Gasteiger partial charge in [-0.25, -0.2) is 4.79 Å². The highest BCUT2D eigenvalue weighted by Crippen LogP contribution is 2.21. The normalized spacial score (nSPS) is 13.8. The number of hydrogen-bond acceptors (Lipinski definition) is 6. The lowest BCUT2D eigenvalue weighted by Crippen LogP contribution is -2.35. The number of rotatable bonds is 9. The Bertz CT molecular complexity index is 984. The summed E-state index contributed by atoms with van der Waals surface area (Å²) < 4.78 is 10.4. The third-order valence-electron chi connectivity index (χ3n) is 5.87. The molecule has 0 heterocycles. The van der Waals surface area contributed by atoms with E-state index in [9.17, 15) is 14.4 Å². The van der Waals surface area contributed by atoms with Gasteiger partial charge in [0.1, 0.15) is 11.9 Å². The van der Waals surface area contributed by atoms with Gasteiger partial charge in [0, 0.05) is 18.4 Å². The first kappa shape index (κ1) is 25.9. The Balaban J connectivity index is 1.28. The topological polar surface area (TPSA) is 118 Å². The first-order valence-corrected chi connectivity index (χ1v) is 12.2. The quantitative estimate of drug-likeness (QED) is 0.155. The van der Waals surface area contributed by atoms with Crippen molar-refractivity contribution in [2.45, 2.75) is 63.9 Å². The van der Waals surface area contributed by atoms with Crippen LogP contribution in [0.3, 0.4) is 0 Å². The number of nitrogens with one attached hydrogen (secondary N) is 3. The third-order valence-corrected chi connectivity index (χ3v) is 5.87. The summed E-state index contributed by atoms with van der Waals surface area (Å²) in [5.41, 5.74) is 2.59. The van der Waals surface area contributed by atoms with Crippen LogP contribution in [0.1, 0.15) is 63.4 Å². The van der Waals surface area contributed by atoms with Crippen LogP contribution < -0.4 is 10.6 Å². The Hall–Kier alpha value is -3.68. The fourth-order valence-corrected chi connectivity index (χ4v) is 3.94. The van der Waals surface area contributed by atoms with E-state index >= 15 is 0 Å². The second-order valence-electron chi connectivity index (χ2n) is 8.58. The lowest BCUT2D eigenvalue weighted by atomic mass is 10.0. The zero-order valence-corrected chi connectivity index (χ0v) is 19.9. The van der Waals surface area contributed by atoms with Crippen molar-refractivity contribution >= 4 is 23.8 Å². The molecule has 3 rings (SSSR count). The van der Waals surface area contributed by atoms with E-state index in [0.717, 1.165) is 36.8 Å². The minimum Gasteiger partial charge on any atom is -0.462 e. The molecule has 0 unspecified atom stereocenters. The predicted molar refractivity (Wildman–Crippen MR) is 133 cm³/mol. The molecule has 3 N–H and O–H groups in total. The largest absolute Gasteiger partial charge is 0.462 e. The number of hydrogen-bond donors (Lipinski definition) is 3. The van der Waals surface area contributed by atoms with Gasteiger partial charge in [0.05, 0.1) is 0 Å². The van der Waals surface area contributed by atoms with Crippen LogP contribution in [0.15, 0.2) is 54.6 Å². The fourth-order valence-electron chi connectivity index (χ4n) is 3.94. The SMILES string of the molecule is N=C(NC(=O)OCNC(=O)CCCC(=O)OC1CCCCCC1)c1ccc(-c2ccccc2)cc1. The van der Waals surface area contributed by atoms with Crippen molar-refractivity contribution in [3.8, 4) is 11.1 Å². The Morgan fingerprint density at radius 3 is 2.20 bits per heavy atom. The zero-order valence-electron chi connectivity index (χ0n) is 19.9. The Morgan fingerprint density at radius 2 is 1.51 bits per heavy atom. The third kappa shape index (κ3) is 9.23. The van der Waals surface area contributed by atoms with E-state index < -0.39 is 6.09 Å². The van der Waals surface area contributed by atoms with Gasteiger partial charge < -0.3 is 14.8 Å². The first-order chi connectivity index (χ1) is 17.0. The maximum Gasteiger partial charge on any atom is 0.414 e. The molecule has 2 amide bonds. The van der Waals surface area contributed by atoms with Crippen molar-refractivity contribution in [3.63, 3.8) is 0 Å². The van der Waals surface area contributed by atoms with Crippen LogP contribution in [0, 0.1) is 5.41 Å². The molecule has 0 aliphatic heterocycles. The van der Waals surface area contributed by atoms with Crippen molar-refractivity contribution in [1.29, 1.82) is 5.41 Å². The number of ether oxygens (including phenoxy) is 2. The molecule has 2 aromatic rings. The number of amides is 2. The Morgan fingerprint density at radius 1 is 0.857 bits per heavy atom. The number of carbonyl (C=O) groups excluding carboxylic acids is 3. The van der Waals surface area contributed by atoms with Crippen molar-refractivity contribution < 1.29 is 23.9 Å².